The van der Waals surface area contributed by atoms with Crippen LogP contribution in [0.25, 0.3) is 22.2 Å². The normalized spacial score (nSPS) is 10.8. The molecular weight excluding hydrogens is 549 g/mol. The van der Waals surface area contributed by atoms with Gasteiger partial charge in [0.15, 0.2) is 0 Å². The molecule has 0 unspecified atom stereocenters. The molecule has 0 aliphatic heterocycles. The Bertz CT molecular complexity index is 1460. The highest BCUT2D eigenvalue weighted by Gasteiger charge is 2.20. The standard InChI is InChI=1S/C25H20IN3O5/c1-13-6-8-15(9-7-13)27-23(31)24(32)28-16-5-3-4-14(10-16)22-21(26)17-11-18(25(33)34)20(30)12-19(17)29(22)2/h3-12,30H,1-2H3,(H,27,31)(H,28,32)(H,33,34). The number of halogens is 1. The zero-order valence-electron chi connectivity index (χ0n) is 18.2. The molecule has 0 aliphatic rings. The molecule has 4 rings (SSSR count). The van der Waals surface area contributed by atoms with Gasteiger partial charge in [0.05, 0.1) is 11.2 Å². The number of phenols is 1. The van der Waals surface area contributed by atoms with Gasteiger partial charge in [0.2, 0.25) is 0 Å². The molecule has 0 spiro atoms. The molecule has 1 aromatic heterocycles. The molecule has 0 fully saturated rings. The number of amides is 2. The van der Waals surface area contributed by atoms with Gasteiger partial charge in [-0.25, -0.2) is 4.79 Å². The Morgan fingerprint density at radius 2 is 1.56 bits per heavy atom. The third kappa shape index (κ3) is 4.46. The van der Waals surface area contributed by atoms with Crippen molar-refractivity contribution in [2.24, 2.45) is 7.05 Å². The van der Waals surface area contributed by atoms with Crippen LogP contribution >= 0.6 is 22.6 Å². The maximum absolute atomic E-state index is 12.4. The summed E-state index contributed by atoms with van der Waals surface area (Å²) >= 11 is 2.13. The van der Waals surface area contributed by atoms with Gasteiger partial charge in [0, 0.05) is 39.0 Å². The monoisotopic (exact) mass is 569 g/mol. The van der Waals surface area contributed by atoms with Gasteiger partial charge in [-0.05, 0) is 59.8 Å². The number of benzene rings is 3. The van der Waals surface area contributed by atoms with E-state index in [9.17, 15) is 24.6 Å². The molecule has 0 atom stereocenters. The molecule has 172 valence electrons. The molecule has 2 amide bonds. The summed E-state index contributed by atoms with van der Waals surface area (Å²) in [5, 5.41) is 25.3. The SMILES string of the molecule is Cc1ccc(NC(=O)C(=O)Nc2cccc(-c3c(I)c4cc(C(=O)O)c(O)cc4n3C)c2)cc1. The summed E-state index contributed by atoms with van der Waals surface area (Å²) in [6.45, 7) is 1.93. The number of aromatic nitrogens is 1. The van der Waals surface area contributed by atoms with Crippen LogP contribution in [0.3, 0.4) is 0 Å². The van der Waals surface area contributed by atoms with E-state index in [-0.39, 0.29) is 11.3 Å². The molecule has 1 heterocycles. The summed E-state index contributed by atoms with van der Waals surface area (Å²) in [7, 11) is 1.81. The van der Waals surface area contributed by atoms with Crippen LogP contribution in [0.2, 0.25) is 0 Å². The lowest BCUT2D eigenvalue weighted by Gasteiger charge is -2.10. The number of nitrogens with zero attached hydrogens (tertiary/aromatic N) is 1. The Morgan fingerprint density at radius 3 is 2.21 bits per heavy atom. The minimum absolute atomic E-state index is 0.178. The van der Waals surface area contributed by atoms with Gasteiger partial charge in [-0.2, -0.15) is 0 Å². The molecule has 34 heavy (non-hydrogen) atoms. The average molecular weight is 569 g/mol. The molecule has 9 heteroatoms. The summed E-state index contributed by atoms with van der Waals surface area (Å²) in [6.07, 6.45) is 0. The van der Waals surface area contributed by atoms with Gasteiger partial charge in [0.25, 0.3) is 0 Å². The van der Waals surface area contributed by atoms with Crippen molar-refractivity contribution in [3.05, 3.63) is 75.4 Å². The largest absolute Gasteiger partial charge is 0.507 e. The van der Waals surface area contributed by atoms with E-state index in [0.717, 1.165) is 20.4 Å². The topological polar surface area (TPSA) is 121 Å². The van der Waals surface area contributed by atoms with Gasteiger partial charge >= 0.3 is 17.8 Å². The summed E-state index contributed by atoms with van der Waals surface area (Å²) < 4.78 is 2.63. The number of hydrogen-bond donors (Lipinski definition) is 4. The molecular formula is C25H20IN3O5. The molecule has 4 N–H and O–H groups in total. The first kappa shape index (κ1) is 23.3. The predicted octanol–water partition coefficient (Wildman–Crippen LogP) is 4.74. The van der Waals surface area contributed by atoms with E-state index < -0.39 is 17.8 Å². The summed E-state index contributed by atoms with van der Waals surface area (Å²) in [5.74, 6) is -3.12. The zero-order valence-corrected chi connectivity index (χ0v) is 20.4. The van der Waals surface area contributed by atoms with Crippen molar-refractivity contribution in [3.63, 3.8) is 0 Å². The number of anilines is 2. The second-order valence-electron chi connectivity index (χ2n) is 7.77. The van der Waals surface area contributed by atoms with Gasteiger partial charge < -0.3 is 25.4 Å². The third-order valence-corrected chi connectivity index (χ3v) is 6.49. The van der Waals surface area contributed by atoms with Crippen LogP contribution in [-0.2, 0) is 16.6 Å². The van der Waals surface area contributed by atoms with Crippen LogP contribution in [0.4, 0.5) is 11.4 Å². The van der Waals surface area contributed by atoms with Gasteiger partial charge in [-0.15, -0.1) is 0 Å². The van der Waals surface area contributed by atoms with Crippen molar-refractivity contribution in [1.82, 2.24) is 4.57 Å². The molecule has 0 aliphatic carbocycles. The smallest absolute Gasteiger partial charge is 0.339 e. The second-order valence-corrected chi connectivity index (χ2v) is 8.85. The lowest BCUT2D eigenvalue weighted by molar-refractivity contribution is -0.132. The van der Waals surface area contributed by atoms with E-state index in [2.05, 4.69) is 33.2 Å². The van der Waals surface area contributed by atoms with Gasteiger partial charge in [-0.3, -0.25) is 9.59 Å². The molecule has 4 aromatic rings. The van der Waals surface area contributed by atoms with Crippen molar-refractivity contribution in [2.45, 2.75) is 6.92 Å². The first-order chi connectivity index (χ1) is 16.2. The first-order valence-electron chi connectivity index (χ1n) is 10.2. The fraction of sp³-hybridized carbons (Fsp3) is 0.0800. The number of carboxylic acids is 1. The van der Waals surface area contributed by atoms with E-state index in [1.165, 1.54) is 12.1 Å². The van der Waals surface area contributed by atoms with Crippen LogP contribution in [0, 0.1) is 10.5 Å². The number of aryl methyl sites for hydroxylation is 2. The molecule has 0 saturated heterocycles. The van der Waals surface area contributed by atoms with Crippen LogP contribution in [0.1, 0.15) is 15.9 Å². The zero-order chi connectivity index (χ0) is 24.6. The van der Waals surface area contributed by atoms with Crippen LogP contribution in [0.15, 0.2) is 60.7 Å². The molecule has 0 bridgehead atoms. The number of aromatic carboxylic acids is 1. The molecule has 3 aromatic carbocycles. The minimum atomic E-state index is -1.21. The van der Waals surface area contributed by atoms with Crippen LogP contribution in [0.5, 0.6) is 5.75 Å². The Morgan fingerprint density at radius 1 is 0.912 bits per heavy atom. The number of hydrogen-bond acceptors (Lipinski definition) is 4. The summed E-state index contributed by atoms with van der Waals surface area (Å²) in [6, 6.07) is 17.0. The predicted molar refractivity (Wildman–Crippen MR) is 138 cm³/mol. The van der Waals surface area contributed by atoms with Crippen molar-refractivity contribution in [1.29, 1.82) is 0 Å². The number of carboxylic acid groups (broad SMARTS) is 1. The van der Waals surface area contributed by atoms with Crippen LogP contribution in [-0.4, -0.2) is 32.6 Å². The second kappa shape index (κ2) is 9.18. The highest BCUT2D eigenvalue weighted by atomic mass is 127. The summed E-state index contributed by atoms with van der Waals surface area (Å²) in [4.78, 5) is 36.2. The maximum atomic E-state index is 12.4. The van der Waals surface area contributed by atoms with Crippen molar-refractivity contribution in [3.8, 4) is 17.0 Å². The van der Waals surface area contributed by atoms with E-state index in [0.29, 0.717) is 22.3 Å². The summed E-state index contributed by atoms with van der Waals surface area (Å²) in [5.41, 5.74) is 3.99. The van der Waals surface area contributed by atoms with Gasteiger partial charge in [0.1, 0.15) is 11.3 Å². The lowest BCUT2D eigenvalue weighted by atomic mass is 10.1. The van der Waals surface area contributed by atoms with Crippen molar-refractivity contribution in [2.75, 3.05) is 10.6 Å². The van der Waals surface area contributed by atoms with E-state index >= 15 is 0 Å². The highest BCUT2D eigenvalue weighted by molar-refractivity contribution is 14.1. The Kier molecular flexibility index (Phi) is 6.29. The maximum Gasteiger partial charge on any atom is 0.339 e. The Balaban J connectivity index is 1.62. The molecule has 8 nitrogen and oxygen atoms in total. The highest BCUT2D eigenvalue weighted by Crippen LogP contribution is 2.37. The number of aromatic hydroxyl groups is 1. The van der Waals surface area contributed by atoms with E-state index in [1.54, 1.807) is 37.4 Å². The number of carbonyl (C=O) groups is 3. The Labute approximate surface area is 208 Å². The number of nitrogens with one attached hydrogen (secondary N) is 2. The van der Waals surface area contributed by atoms with Crippen molar-refractivity contribution >= 4 is 62.7 Å². The fourth-order valence-electron chi connectivity index (χ4n) is 3.67. The molecule has 0 radical (unpaired) electrons. The third-order valence-electron chi connectivity index (χ3n) is 5.40. The van der Waals surface area contributed by atoms with Crippen LogP contribution < -0.4 is 10.6 Å². The number of fused-ring (bicyclic) bond motifs is 1. The first-order valence-corrected chi connectivity index (χ1v) is 11.3. The van der Waals surface area contributed by atoms with Gasteiger partial charge in [-0.1, -0.05) is 29.8 Å². The van der Waals surface area contributed by atoms with E-state index in [4.69, 9.17) is 0 Å². The Hall–Kier alpha value is -3.86. The lowest BCUT2D eigenvalue weighted by Crippen LogP contribution is -2.29. The number of carbonyl (C=O) groups excluding carboxylic acids is 2. The fourth-order valence-corrected chi connectivity index (χ4v) is 4.78. The quantitative estimate of drug-likeness (QED) is 0.209. The van der Waals surface area contributed by atoms with E-state index in [1.807, 2.05) is 29.7 Å². The number of rotatable bonds is 4. The van der Waals surface area contributed by atoms with Crippen molar-refractivity contribution < 1.29 is 24.6 Å². The minimum Gasteiger partial charge on any atom is -0.507 e. The average Bonchev–Trinajstić information content (AvgIpc) is 3.03. The molecule has 0 saturated carbocycles.